The van der Waals surface area contributed by atoms with Crippen molar-refractivity contribution in [3.63, 3.8) is 0 Å². The number of carbonyl (C=O) groups is 1. The number of ether oxygens (including phenoxy) is 1. The number of aromatic nitrogens is 1. The molecule has 4 nitrogen and oxygen atoms in total. The number of benzene rings is 1. The summed E-state index contributed by atoms with van der Waals surface area (Å²) in [6, 6.07) is 11.4. The van der Waals surface area contributed by atoms with E-state index < -0.39 is 5.97 Å². The molecule has 0 atom stereocenters. The first-order valence-electron chi connectivity index (χ1n) is 7.25. The number of pyridine rings is 1. The van der Waals surface area contributed by atoms with Gasteiger partial charge in [-0.05, 0) is 41.8 Å². The summed E-state index contributed by atoms with van der Waals surface area (Å²) in [5.74, 6) is -0.195. The van der Waals surface area contributed by atoms with Crippen molar-refractivity contribution in [2.75, 3.05) is 6.61 Å². The number of aryl methyl sites for hydroxylation is 1. The van der Waals surface area contributed by atoms with E-state index in [1.54, 1.807) is 6.08 Å². The minimum atomic E-state index is -0.957. The topological polar surface area (TPSA) is 59.4 Å². The van der Waals surface area contributed by atoms with Crippen LogP contribution in [0.3, 0.4) is 0 Å². The molecule has 0 saturated carbocycles. The van der Waals surface area contributed by atoms with Crippen LogP contribution in [-0.4, -0.2) is 22.7 Å². The summed E-state index contributed by atoms with van der Waals surface area (Å²) in [6.07, 6.45) is 6.31. The zero-order valence-electron chi connectivity index (χ0n) is 12.5. The average Bonchev–Trinajstić information content (AvgIpc) is 2.55. The van der Waals surface area contributed by atoms with E-state index in [4.69, 9.17) is 9.84 Å². The molecular weight excluding hydrogens is 278 g/mol. The minimum Gasteiger partial charge on any atom is -0.493 e. The quantitative estimate of drug-likeness (QED) is 0.796. The second-order valence-electron chi connectivity index (χ2n) is 4.85. The molecule has 0 saturated heterocycles. The lowest BCUT2D eigenvalue weighted by atomic mass is 10.2. The fourth-order valence-electron chi connectivity index (χ4n) is 1.93. The zero-order valence-corrected chi connectivity index (χ0v) is 12.5. The van der Waals surface area contributed by atoms with Crippen LogP contribution in [0.2, 0.25) is 0 Å². The number of rotatable bonds is 7. The Labute approximate surface area is 130 Å². The Morgan fingerprint density at radius 1 is 1.23 bits per heavy atom. The van der Waals surface area contributed by atoms with Crippen molar-refractivity contribution in [3.05, 3.63) is 65.5 Å². The molecule has 0 aliphatic carbocycles. The summed E-state index contributed by atoms with van der Waals surface area (Å²) in [5.41, 5.74) is 3.07. The molecule has 0 radical (unpaired) electrons. The van der Waals surface area contributed by atoms with Gasteiger partial charge in [0.05, 0.1) is 6.61 Å². The standard InChI is InChI=1S/C18H19NO3/c1-2-14-3-7-16(19-13-14)11-12-22-17-8-4-15(5-9-17)6-10-18(20)21/h3-10,13H,2,11-12H2,1H3,(H,20,21)/b10-6+. The zero-order chi connectivity index (χ0) is 15.8. The monoisotopic (exact) mass is 297 g/mol. The van der Waals surface area contributed by atoms with Crippen LogP contribution in [0, 0.1) is 0 Å². The van der Waals surface area contributed by atoms with Crippen LogP contribution in [0.1, 0.15) is 23.7 Å². The predicted molar refractivity (Wildman–Crippen MR) is 85.9 cm³/mol. The highest BCUT2D eigenvalue weighted by Gasteiger charge is 1.98. The number of carboxylic acids is 1. The summed E-state index contributed by atoms with van der Waals surface area (Å²) in [5, 5.41) is 8.57. The lowest BCUT2D eigenvalue weighted by Crippen LogP contribution is -2.03. The van der Waals surface area contributed by atoms with Crippen molar-refractivity contribution < 1.29 is 14.6 Å². The minimum absolute atomic E-state index is 0.558. The third kappa shape index (κ3) is 5.05. The molecule has 2 rings (SSSR count). The van der Waals surface area contributed by atoms with E-state index in [1.807, 2.05) is 36.5 Å². The van der Waals surface area contributed by atoms with E-state index >= 15 is 0 Å². The highest BCUT2D eigenvalue weighted by atomic mass is 16.5. The van der Waals surface area contributed by atoms with Crippen molar-refractivity contribution in [1.82, 2.24) is 4.98 Å². The maximum Gasteiger partial charge on any atom is 0.328 e. The molecule has 0 amide bonds. The summed E-state index contributed by atoms with van der Waals surface area (Å²) >= 11 is 0. The summed E-state index contributed by atoms with van der Waals surface area (Å²) in [6.45, 7) is 2.66. The Morgan fingerprint density at radius 3 is 2.59 bits per heavy atom. The van der Waals surface area contributed by atoms with E-state index in [0.717, 1.165) is 35.9 Å². The molecule has 22 heavy (non-hydrogen) atoms. The van der Waals surface area contributed by atoms with Crippen LogP contribution in [0.4, 0.5) is 0 Å². The lowest BCUT2D eigenvalue weighted by molar-refractivity contribution is -0.131. The normalized spacial score (nSPS) is 10.8. The summed E-state index contributed by atoms with van der Waals surface area (Å²) < 4.78 is 5.67. The SMILES string of the molecule is CCc1ccc(CCOc2ccc(/C=C/C(=O)O)cc2)nc1. The van der Waals surface area contributed by atoms with Crippen LogP contribution in [0.15, 0.2) is 48.7 Å². The maximum absolute atomic E-state index is 10.4. The summed E-state index contributed by atoms with van der Waals surface area (Å²) in [4.78, 5) is 14.8. The number of hydrogen-bond acceptors (Lipinski definition) is 3. The number of aliphatic carboxylic acids is 1. The average molecular weight is 297 g/mol. The fraction of sp³-hybridized carbons (Fsp3) is 0.222. The van der Waals surface area contributed by atoms with Gasteiger partial charge in [-0.3, -0.25) is 4.98 Å². The van der Waals surface area contributed by atoms with Gasteiger partial charge < -0.3 is 9.84 Å². The van der Waals surface area contributed by atoms with Gasteiger partial charge in [0, 0.05) is 24.4 Å². The van der Waals surface area contributed by atoms with Gasteiger partial charge in [-0.25, -0.2) is 4.79 Å². The molecule has 0 fully saturated rings. The molecule has 1 aromatic carbocycles. The number of carboxylic acid groups (broad SMARTS) is 1. The number of hydrogen-bond donors (Lipinski definition) is 1. The smallest absolute Gasteiger partial charge is 0.328 e. The Bertz CT molecular complexity index is 630. The molecule has 0 unspecified atom stereocenters. The van der Waals surface area contributed by atoms with E-state index in [2.05, 4.69) is 18.0 Å². The number of nitrogens with zero attached hydrogens (tertiary/aromatic N) is 1. The molecule has 4 heteroatoms. The Hall–Kier alpha value is -2.62. The van der Waals surface area contributed by atoms with Gasteiger partial charge in [0.25, 0.3) is 0 Å². The maximum atomic E-state index is 10.4. The van der Waals surface area contributed by atoms with Gasteiger partial charge in [-0.2, -0.15) is 0 Å². The molecule has 0 aliphatic rings. The van der Waals surface area contributed by atoms with E-state index in [1.165, 1.54) is 5.56 Å². The Balaban J connectivity index is 1.82. The second kappa shape index (κ2) is 7.98. The molecule has 1 heterocycles. The highest BCUT2D eigenvalue weighted by molar-refractivity contribution is 5.85. The largest absolute Gasteiger partial charge is 0.493 e. The van der Waals surface area contributed by atoms with Gasteiger partial charge in [-0.1, -0.05) is 25.1 Å². The van der Waals surface area contributed by atoms with Gasteiger partial charge in [0.1, 0.15) is 5.75 Å². The third-order valence-corrected chi connectivity index (χ3v) is 3.22. The molecule has 1 aromatic heterocycles. The molecule has 1 N–H and O–H groups in total. The highest BCUT2D eigenvalue weighted by Crippen LogP contribution is 2.13. The first-order chi connectivity index (χ1) is 10.7. The first kappa shape index (κ1) is 15.8. The second-order valence-corrected chi connectivity index (χ2v) is 4.85. The Morgan fingerprint density at radius 2 is 2.00 bits per heavy atom. The van der Waals surface area contributed by atoms with Gasteiger partial charge in [0.15, 0.2) is 0 Å². The van der Waals surface area contributed by atoms with Gasteiger partial charge in [0.2, 0.25) is 0 Å². The van der Waals surface area contributed by atoms with Crippen molar-refractivity contribution >= 4 is 12.0 Å². The van der Waals surface area contributed by atoms with E-state index in [9.17, 15) is 4.79 Å². The molecule has 114 valence electrons. The van der Waals surface area contributed by atoms with Gasteiger partial charge in [-0.15, -0.1) is 0 Å². The lowest BCUT2D eigenvalue weighted by Gasteiger charge is -2.06. The van der Waals surface area contributed by atoms with Crippen LogP contribution < -0.4 is 4.74 Å². The van der Waals surface area contributed by atoms with Crippen LogP contribution in [-0.2, 0) is 17.6 Å². The predicted octanol–water partition coefficient (Wildman–Crippen LogP) is 3.36. The van der Waals surface area contributed by atoms with Crippen LogP contribution >= 0.6 is 0 Å². The van der Waals surface area contributed by atoms with Crippen molar-refractivity contribution in [3.8, 4) is 5.75 Å². The molecular formula is C18H19NO3. The summed E-state index contributed by atoms with van der Waals surface area (Å²) in [7, 11) is 0. The molecule has 0 bridgehead atoms. The van der Waals surface area contributed by atoms with Crippen LogP contribution in [0.5, 0.6) is 5.75 Å². The van der Waals surface area contributed by atoms with Gasteiger partial charge >= 0.3 is 5.97 Å². The first-order valence-corrected chi connectivity index (χ1v) is 7.25. The third-order valence-electron chi connectivity index (χ3n) is 3.22. The molecule has 0 spiro atoms. The van der Waals surface area contributed by atoms with Crippen molar-refractivity contribution in [2.45, 2.75) is 19.8 Å². The van der Waals surface area contributed by atoms with Crippen LogP contribution in [0.25, 0.3) is 6.08 Å². The molecule has 0 aliphatic heterocycles. The fourth-order valence-corrected chi connectivity index (χ4v) is 1.93. The van der Waals surface area contributed by atoms with E-state index in [0.29, 0.717) is 6.61 Å². The Kier molecular flexibility index (Phi) is 5.72. The van der Waals surface area contributed by atoms with E-state index in [-0.39, 0.29) is 0 Å². The van der Waals surface area contributed by atoms with Crippen molar-refractivity contribution in [1.29, 1.82) is 0 Å². The van der Waals surface area contributed by atoms with Crippen molar-refractivity contribution in [2.24, 2.45) is 0 Å². The molecule has 2 aromatic rings.